The molecule has 0 aromatic rings. The number of carbonyl (C=O) groups is 2. The van der Waals surface area contributed by atoms with Crippen LogP contribution in [0, 0.1) is 0 Å². The minimum absolute atomic E-state index is 0.0123. The first-order chi connectivity index (χ1) is 25.0. The first-order valence-electron chi connectivity index (χ1n) is 22.8. The summed E-state index contributed by atoms with van der Waals surface area (Å²) in [6, 6.07) is -0.551. The molecule has 0 aliphatic rings. The van der Waals surface area contributed by atoms with Crippen molar-refractivity contribution in [1.29, 1.82) is 0 Å². The topological polar surface area (TPSA) is 95.9 Å². The number of amides is 1. The van der Waals surface area contributed by atoms with Crippen LogP contribution in [-0.4, -0.2) is 47.4 Å². The van der Waals surface area contributed by atoms with Crippen LogP contribution in [0.3, 0.4) is 0 Å². The second-order valence-corrected chi connectivity index (χ2v) is 15.7. The summed E-state index contributed by atoms with van der Waals surface area (Å²) in [5.41, 5.74) is 0. The van der Waals surface area contributed by atoms with Gasteiger partial charge < -0.3 is 20.3 Å². The lowest BCUT2D eigenvalue weighted by Gasteiger charge is -2.22. The van der Waals surface area contributed by atoms with Gasteiger partial charge in [0.1, 0.15) is 0 Å². The average Bonchev–Trinajstić information content (AvgIpc) is 3.13. The van der Waals surface area contributed by atoms with Crippen molar-refractivity contribution in [3.8, 4) is 0 Å². The summed E-state index contributed by atoms with van der Waals surface area (Å²) in [7, 11) is 0. The van der Waals surface area contributed by atoms with Gasteiger partial charge in [0.2, 0.25) is 5.91 Å². The number of hydrogen-bond acceptors (Lipinski definition) is 5. The molecule has 0 heterocycles. The minimum Gasteiger partial charge on any atom is -0.466 e. The Labute approximate surface area is 317 Å². The second-order valence-electron chi connectivity index (χ2n) is 15.7. The maximum Gasteiger partial charge on any atom is 0.305 e. The summed E-state index contributed by atoms with van der Waals surface area (Å²) >= 11 is 0. The molecule has 2 atom stereocenters. The van der Waals surface area contributed by atoms with Gasteiger partial charge in [0, 0.05) is 12.8 Å². The van der Waals surface area contributed by atoms with Crippen molar-refractivity contribution < 1.29 is 24.5 Å². The number of hydrogen-bond donors (Lipinski definition) is 3. The molecule has 51 heavy (non-hydrogen) atoms. The zero-order chi connectivity index (χ0) is 37.3. The molecule has 0 aromatic heterocycles. The van der Waals surface area contributed by atoms with Gasteiger partial charge in [-0.25, -0.2) is 0 Å². The van der Waals surface area contributed by atoms with E-state index in [1.807, 2.05) is 0 Å². The van der Waals surface area contributed by atoms with Crippen molar-refractivity contribution >= 4 is 11.9 Å². The molecule has 0 aliphatic carbocycles. The van der Waals surface area contributed by atoms with E-state index in [9.17, 15) is 19.8 Å². The molecule has 6 heteroatoms. The molecule has 0 saturated heterocycles. The van der Waals surface area contributed by atoms with Gasteiger partial charge in [0.15, 0.2) is 0 Å². The maximum absolute atomic E-state index is 12.4. The van der Waals surface area contributed by atoms with E-state index in [0.29, 0.717) is 25.9 Å². The number of unbranched alkanes of at least 4 members (excludes halogenated alkanes) is 31. The third kappa shape index (κ3) is 38.4. The number of rotatable bonds is 42. The summed E-state index contributed by atoms with van der Waals surface area (Å²) in [6.45, 7) is 4.89. The van der Waals surface area contributed by atoms with Crippen LogP contribution in [0.4, 0.5) is 0 Å². The van der Waals surface area contributed by atoms with Crippen molar-refractivity contribution in [1.82, 2.24) is 5.32 Å². The fourth-order valence-corrected chi connectivity index (χ4v) is 7.11. The predicted molar refractivity (Wildman–Crippen MR) is 218 cm³/mol. The van der Waals surface area contributed by atoms with Crippen molar-refractivity contribution in [3.63, 3.8) is 0 Å². The van der Waals surface area contributed by atoms with Crippen LogP contribution in [0.2, 0.25) is 0 Å². The zero-order valence-corrected chi connectivity index (χ0v) is 34.4. The SMILES string of the molecule is CCCCCCCCCCCCCCCC(=O)OCCCCCCCCCCCCCC(=O)NC(CO)C(O)CCCCCCCCCCCC. The third-order valence-corrected chi connectivity index (χ3v) is 10.7. The molecule has 0 aliphatic heterocycles. The highest BCUT2D eigenvalue weighted by atomic mass is 16.5. The van der Waals surface area contributed by atoms with E-state index < -0.39 is 12.1 Å². The lowest BCUT2D eigenvalue weighted by molar-refractivity contribution is -0.143. The molecule has 0 spiro atoms. The van der Waals surface area contributed by atoms with Gasteiger partial charge >= 0.3 is 5.97 Å². The Kier molecular flexibility index (Phi) is 40.7. The fraction of sp³-hybridized carbons (Fsp3) is 0.956. The molecule has 6 nitrogen and oxygen atoms in total. The lowest BCUT2D eigenvalue weighted by atomic mass is 10.0. The number of ether oxygens (including phenoxy) is 1. The number of aliphatic hydroxyl groups is 2. The van der Waals surface area contributed by atoms with Gasteiger partial charge in [-0.2, -0.15) is 0 Å². The highest BCUT2D eigenvalue weighted by molar-refractivity contribution is 5.76. The monoisotopic (exact) mass is 724 g/mol. The molecular weight excluding hydrogens is 634 g/mol. The molecule has 0 radical (unpaired) electrons. The molecule has 2 unspecified atom stereocenters. The summed E-state index contributed by atoms with van der Waals surface area (Å²) < 4.78 is 5.44. The van der Waals surface area contributed by atoms with Crippen LogP contribution >= 0.6 is 0 Å². The van der Waals surface area contributed by atoms with Crippen molar-refractivity contribution in [2.75, 3.05) is 13.2 Å². The quantitative estimate of drug-likeness (QED) is 0.0430. The third-order valence-electron chi connectivity index (χ3n) is 10.7. The van der Waals surface area contributed by atoms with Gasteiger partial charge in [0.25, 0.3) is 0 Å². The van der Waals surface area contributed by atoms with E-state index in [4.69, 9.17) is 4.74 Å². The van der Waals surface area contributed by atoms with Crippen molar-refractivity contribution in [3.05, 3.63) is 0 Å². The molecule has 304 valence electrons. The predicted octanol–water partition coefficient (Wildman–Crippen LogP) is 12.8. The van der Waals surface area contributed by atoms with Crippen molar-refractivity contribution in [2.45, 2.75) is 264 Å². The Morgan fingerprint density at radius 3 is 1.20 bits per heavy atom. The molecule has 3 N–H and O–H groups in total. The standard InChI is InChI=1S/C45H89NO5/c1-3-5-7-9-11-13-15-16-19-23-27-31-35-39-45(50)51-40-36-32-28-24-20-17-18-22-26-30-34-38-44(49)46-42(41-47)43(48)37-33-29-25-21-14-12-10-8-6-4-2/h42-43,47-48H,3-41H2,1-2H3,(H,46,49). The van der Waals surface area contributed by atoms with Crippen molar-refractivity contribution in [2.24, 2.45) is 0 Å². The van der Waals surface area contributed by atoms with Gasteiger partial charge in [-0.3, -0.25) is 9.59 Å². The van der Waals surface area contributed by atoms with Gasteiger partial charge in [-0.05, 0) is 25.7 Å². The largest absolute Gasteiger partial charge is 0.466 e. The van der Waals surface area contributed by atoms with E-state index in [1.54, 1.807) is 0 Å². The van der Waals surface area contributed by atoms with Gasteiger partial charge in [0.05, 0.1) is 25.4 Å². The Morgan fingerprint density at radius 2 is 0.804 bits per heavy atom. The smallest absolute Gasteiger partial charge is 0.305 e. The highest BCUT2D eigenvalue weighted by Gasteiger charge is 2.20. The Morgan fingerprint density at radius 1 is 0.471 bits per heavy atom. The molecule has 0 rings (SSSR count). The molecule has 0 aromatic carbocycles. The number of carbonyl (C=O) groups excluding carboxylic acids is 2. The summed E-state index contributed by atoms with van der Waals surface area (Å²) in [5, 5.41) is 23.0. The summed E-state index contributed by atoms with van der Waals surface area (Å²) in [6.07, 6.45) is 43.4. The van der Waals surface area contributed by atoms with Crippen LogP contribution in [-0.2, 0) is 14.3 Å². The first kappa shape index (κ1) is 49.9. The molecule has 0 bridgehead atoms. The van der Waals surface area contributed by atoms with Crippen LogP contribution < -0.4 is 5.32 Å². The lowest BCUT2D eigenvalue weighted by Crippen LogP contribution is -2.45. The van der Waals surface area contributed by atoms with E-state index in [0.717, 1.165) is 57.8 Å². The Balaban J connectivity index is 3.45. The second kappa shape index (κ2) is 41.6. The fourth-order valence-electron chi connectivity index (χ4n) is 7.11. The molecule has 0 fully saturated rings. The summed E-state index contributed by atoms with van der Waals surface area (Å²) in [4.78, 5) is 24.4. The molecule has 0 saturated carbocycles. The molecule has 1 amide bonds. The van der Waals surface area contributed by atoms with Crippen LogP contribution in [0.5, 0.6) is 0 Å². The first-order valence-corrected chi connectivity index (χ1v) is 22.8. The molecular formula is C45H89NO5. The Hall–Kier alpha value is -1.14. The number of esters is 1. The van der Waals surface area contributed by atoms with Crippen LogP contribution in [0.15, 0.2) is 0 Å². The van der Waals surface area contributed by atoms with Crippen LogP contribution in [0.25, 0.3) is 0 Å². The van der Waals surface area contributed by atoms with E-state index in [2.05, 4.69) is 19.2 Å². The van der Waals surface area contributed by atoms with Gasteiger partial charge in [-0.1, -0.05) is 213 Å². The minimum atomic E-state index is -0.672. The normalized spacial score (nSPS) is 12.6. The van der Waals surface area contributed by atoms with Crippen LogP contribution in [0.1, 0.15) is 251 Å². The zero-order valence-electron chi connectivity index (χ0n) is 34.4. The number of nitrogens with one attached hydrogen (secondary N) is 1. The van der Waals surface area contributed by atoms with Gasteiger partial charge in [-0.15, -0.1) is 0 Å². The number of aliphatic hydroxyl groups excluding tert-OH is 2. The average molecular weight is 724 g/mol. The highest BCUT2D eigenvalue weighted by Crippen LogP contribution is 2.16. The van der Waals surface area contributed by atoms with E-state index in [-0.39, 0.29) is 18.5 Å². The summed E-state index contributed by atoms with van der Waals surface area (Å²) in [5.74, 6) is -0.0672. The Bertz CT molecular complexity index is 717. The van der Waals surface area contributed by atoms with E-state index in [1.165, 1.54) is 161 Å². The van der Waals surface area contributed by atoms with E-state index >= 15 is 0 Å². The maximum atomic E-state index is 12.4.